The molecule has 0 aromatic heterocycles. The van der Waals surface area contributed by atoms with Crippen LogP contribution in [0.1, 0.15) is 0 Å². The molecule has 40 valence electrons. The standard InChI is InChI=1S/C3H5NOSSe/c1-6(5)2-4-3-7/h2H2,1H3. The Labute approximate surface area is 52.8 Å². The maximum absolute atomic E-state index is 10.2. The molecule has 0 N–H and O–H groups in total. The van der Waals surface area contributed by atoms with E-state index >= 15 is 0 Å². The first-order chi connectivity index (χ1) is 3.27. The Morgan fingerprint density at radius 1 is 2.00 bits per heavy atom. The van der Waals surface area contributed by atoms with Crippen LogP contribution in [0.4, 0.5) is 0 Å². The van der Waals surface area contributed by atoms with Crippen LogP contribution >= 0.6 is 0 Å². The quantitative estimate of drug-likeness (QED) is 0.414. The van der Waals surface area contributed by atoms with E-state index in [1.165, 1.54) is 0 Å². The van der Waals surface area contributed by atoms with Gasteiger partial charge in [0.25, 0.3) is 0 Å². The molecule has 1 atom stereocenters. The van der Waals surface area contributed by atoms with Crippen molar-refractivity contribution in [2.75, 3.05) is 12.1 Å². The van der Waals surface area contributed by atoms with Gasteiger partial charge in [0, 0.05) is 0 Å². The molecule has 2 nitrogen and oxygen atoms in total. The molecule has 0 aliphatic rings. The summed E-state index contributed by atoms with van der Waals surface area (Å²) in [6, 6.07) is 0. The third kappa shape index (κ3) is 6.25. The Balaban J connectivity index is 3.32. The van der Waals surface area contributed by atoms with Gasteiger partial charge in [-0.05, 0) is 0 Å². The van der Waals surface area contributed by atoms with Crippen LogP contribution in [0.3, 0.4) is 0 Å². The van der Waals surface area contributed by atoms with Crippen LogP contribution in [0, 0.1) is 0 Å². The fourth-order valence-corrected chi connectivity index (χ4v) is 0.683. The predicted octanol–water partition coefficient (Wildman–Crippen LogP) is -0.604. The monoisotopic (exact) mass is 183 g/mol. The summed E-state index contributed by atoms with van der Waals surface area (Å²) < 4.78 is 12.6. The second kappa shape index (κ2) is 4.41. The minimum absolute atomic E-state index is 0.354. The molecule has 0 spiro atoms. The molecule has 0 fully saturated rings. The molecular weight excluding hydrogens is 177 g/mol. The van der Waals surface area contributed by atoms with Gasteiger partial charge in [-0.25, -0.2) is 0 Å². The number of nitrogens with zero attached hydrogens (tertiary/aromatic N) is 1. The summed E-state index contributed by atoms with van der Waals surface area (Å²) >= 11 is 2.45. The van der Waals surface area contributed by atoms with Gasteiger partial charge in [0.15, 0.2) is 0 Å². The Kier molecular flexibility index (Phi) is 4.57. The van der Waals surface area contributed by atoms with Crippen LogP contribution in [0.5, 0.6) is 0 Å². The van der Waals surface area contributed by atoms with Crippen LogP contribution in [0.2, 0.25) is 0 Å². The molecular formula is C3H5NOSSe. The summed E-state index contributed by atoms with van der Waals surface area (Å²) in [5, 5.41) is 0. The Morgan fingerprint density at radius 3 is 2.71 bits per heavy atom. The average molecular weight is 182 g/mol. The Morgan fingerprint density at radius 2 is 2.57 bits per heavy atom. The number of hydrogen-bond donors (Lipinski definition) is 0. The van der Waals surface area contributed by atoms with Gasteiger partial charge in [0.1, 0.15) is 0 Å². The zero-order chi connectivity index (χ0) is 5.70. The van der Waals surface area contributed by atoms with E-state index < -0.39 is 10.8 Å². The number of hydrogen-bond acceptors (Lipinski definition) is 2. The Hall–Kier alpha value is 0.249. The van der Waals surface area contributed by atoms with Crippen molar-refractivity contribution in [3.05, 3.63) is 0 Å². The molecule has 0 aliphatic heterocycles. The zero-order valence-electron chi connectivity index (χ0n) is 3.88. The molecule has 1 unspecified atom stereocenters. The molecule has 0 saturated carbocycles. The molecule has 0 rings (SSSR count). The zero-order valence-corrected chi connectivity index (χ0v) is 6.41. The van der Waals surface area contributed by atoms with Gasteiger partial charge in [-0.15, -0.1) is 0 Å². The molecule has 0 radical (unpaired) electrons. The first-order valence-electron chi connectivity index (χ1n) is 1.61. The molecule has 0 aromatic carbocycles. The van der Waals surface area contributed by atoms with Crippen LogP contribution in [0.25, 0.3) is 0 Å². The Bertz CT molecular complexity index is 118. The topological polar surface area (TPSA) is 29.4 Å². The SMILES string of the molecule is CS(=O)CN=C=[Se]. The van der Waals surface area contributed by atoms with Crippen molar-refractivity contribution in [1.82, 2.24) is 0 Å². The molecule has 0 aliphatic carbocycles. The predicted molar refractivity (Wildman–Crippen MR) is 32.1 cm³/mol. The summed E-state index contributed by atoms with van der Waals surface area (Å²) in [5.41, 5.74) is 0. The van der Waals surface area contributed by atoms with Crippen LogP contribution in [0.15, 0.2) is 4.99 Å². The van der Waals surface area contributed by atoms with Gasteiger partial charge in [-0.3, -0.25) is 0 Å². The van der Waals surface area contributed by atoms with Gasteiger partial charge in [-0.2, -0.15) is 0 Å². The van der Waals surface area contributed by atoms with Crippen molar-refractivity contribution in [3.63, 3.8) is 0 Å². The van der Waals surface area contributed by atoms with E-state index in [-0.39, 0.29) is 0 Å². The first-order valence-corrected chi connectivity index (χ1v) is 4.19. The second-order valence-electron chi connectivity index (χ2n) is 0.952. The van der Waals surface area contributed by atoms with E-state index in [9.17, 15) is 4.21 Å². The minimum atomic E-state index is -0.815. The van der Waals surface area contributed by atoms with Gasteiger partial charge < -0.3 is 0 Å². The third-order valence-electron chi connectivity index (χ3n) is 0.311. The first kappa shape index (κ1) is 7.25. The fraction of sp³-hybridized carbons (Fsp3) is 0.667. The summed E-state index contributed by atoms with van der Waals surface area (Å²) in [7, 11) is -0.815. The summed E-state index contributed by atoms with van der Waals surface area (Å²) in [6.45, 7) is 0. The third-order valence-corrected chi connectivity index (χ3v) is 1.07. The van der Waals surface area contributed by atoms with E-state index in [1.807, 2.05) is 0 Å². The van der Waals surface area contributed by atoms with E-state index in [1.54, 1.807) is 6.26 Å². The molecule has 0 amide bonds. The molecule has 0 heterocycles. The number of aliphatic imine (C=N–C) groups is 1. The fourth-order valence-electron chi connectivity index (χ4n) is 0.117. The van der Waals surface area contributed by atoms with E-state index in [0.717, 1.165) is 0 Å². The normalized spacial score (nSPS) is 12.1. The van der Waals surface area contributed by atoms with E-state index in [4.69, 9.17) is 0 Å². The molecule has 0 bridgehead atoms. The number of rotatable bonds is 2. The molecule has 0 saturated heterocycles. The van der Waals surface area contributed by atoms with Gasteiger partial charge in [0.2, 0.25) is 0 Å². The molecule has 7 heavy (non-hydrogen) atoms. The average Bonchev–Trinajstić information content (AvgIpc) is 1.61. The van der Waals surface area contributed by atoms with E-state index in [2.05, 4.69) is 25.3 Å². The van der Waals surface area contributed by atoms with Gasteiger partial charge in [-0.1, -0.05) is 0 Å². The maximum atomic E-state index is 10.2. The van der Waals surface area contributed by atoms with Crippen molar-refractivity contribution in [2.45, 2.75) is 0 Å². The molecule has 0 aromatic rings. The summed E-state index contributed by atoms with van der Waals surface area (Å²) in [6.07, 6.45) is 1.60. The van der Waals surface area contributed by atoms with Crippen LogP contribution in [-0.4, -0.2) is 36.6 Å². The summed E-state index contributed by atoms with van der Waals surface area (Å²) in [4.78, 5) is 3.57. The van der Waals surface area contributed by atoms with Crippen molar-refractivity contribution in [1.29, 1.82) is 0 Å². The van der Waals surface area contributed by atoms with Crippen molar-refractivity contribution in [2.24, 2.45) is 4.99 Å². The van der Waals surface area contributed by atoms with Gasteiger partial charge in [0.05, 0.1) is 0 Å². The van der Waals surface area contributed by atoms with Crippen molar-refractivity contribution in [3.8, 4) is 0 Å². The second-order valence-corrected chi connectivity index (χ2v) is 2.74. The molecule has 4 heteroatoms. The van der Waals surface area contributed by atoms with Crippen LogP contribution < -0.4 is 0 Å². The van der Waals surface area contributed by atoms with E-state index in [0.29, 0.717) is 5.88 Å². The van der Waals surface area contributed by atoms with Crippen molar-refractivity contribution >= 4 is 31.1 Å². The summed E-state index contributed by atoms with van der Waals surface area (Å²) in [5.74, 6) is 0.354. The van der Waals surface area contributed by atoms with Crippen LogP contribution in [-0.2, 0) is 10.8 Å². The van der Waals surface area contributed by atoms with Gasteiger partial charge >= 0.3 is 52.4 Å². The van der Waals surface area contributed by atoms with Crippen molar-refractivity contribution < 1.29 is 4.21 Å².